The summed E-state index contributed by atoms with van der Waals surface area (Å²) in [7, 11) is 0. The highest BCUT2D eigenvalue weighted by atomic mass is 35.5. The second kappa shape index (κ2) is 14.6. The van der Waals surface area contributed by atoms with Crippen molar-refractivity contribution in [1.82, 2.24) is 0 Å². The van der Waals surface area contributed by atoms with Crippen molar-refractivity contribution in [3.05, 3.63) is 122 Å². The van der Waals surface area contributed by atoms with E-state index in [0.29, 0.717) is 64.5 Å². The molecule has 4 aromatic rings. The number of hydrogen-bond acceptors (Lipinski definition) is 7. The third kappa shape index (κ3) is 7.80. The Morgan fingerprint density at radius 3 is 2.19 bits per heavy atom. The minimum Gasteiger partial charge on any atom is -0.490 e. The SMILES string of the molecule is CCOc1cc(COc2c(Cl)cc(/C=C(\C#N)c3ccc([N+](=O)[O-])cc3)cc2OCC)ccc1OCc1ccccc1. The van der Waals surface area contributed by atoms with Crippen LogP contribution in [0.1, 0.15) is 36.1 Å². The topological polar surface area (TPSA) is 104 Å². The van der Waals surface area contributed by atoms with Gasteiger partial charge in [-0.15, -0.1) is 0 Å². The quantitative estimate of drug-likeness (QED) is 0.0674. The Kier molecular flexibility index (Phi) is 10.4. The molecule has 0 heterocycles. The lowest BCUT2D eigenvalue weighted by Gasteiger charge is -2.16. The predicted molar refractivity (Wildman–Crippen MR) is 162 cm³/mol. The van der Waals surface area contributed by atoms with E-state index in [1.807, 2.05) is 62.4 Å². The van der Waals surface area contributed by atoms with E-state index in [2.05, 4.69) is 6.07 Å². The van der Waals surface area contributed by atoms with Crippen LogP contribution in [0.3, 0.4) is 0 Å². The van der Waals surface area contributed by atoms with Crippen LogP contribution in [-0.2, 0) is 13.2 Å². The van der Waals surface area contributed by atoms with E-state index < -0.39 is 4.92 Å². The van der Waals surface area contributed by atoms with Crippen molar-refractivity contribution in [3.8, 4) is 29.1 Å². The molecule has 9 heteroatoms. The highest BCUT2D eigenvalue weighted by Crippen LogP contribution is 2.39. The number of nitrogens with zero attached hydrogens (tertiary/aromatic N) is 2. The molecule has 4 rings (SSSR count). The average Bonchev–Trinajstić information content (AvgIpc) is 3.00. The van der Waals surface area contributed by atoms with Crippen molar-refractivity contribution >= 4 is 28.9 Å². The Morgan fingerprint density at radius 1 is 0.833 bits per heavy atom. The van der Waals surface area contributed by atoms with Crippen molar-refractivity contribution in [2.24, 2.45) is 0 Å². The number of nitro benzene ring substituents is 1. The van der Waals surface area contributed by atoms with Gasteiger partial charge in [0.25, 0.3) is 5.69 Å². The second-order valence-corrected chi connectivity index (χ2v) is 9.42. The van der Waals surface area contributed by atoms with Crippen molar-refractivity contribution in [3.63, 3.8) is 0 Å². The van der Waals surface area contributed by atoms with E-state index in [0.717, 1.165) is 11.1 Å². The van der Waals surface area contributed by atoms with Crippen LogP contribution in [0.25, 0.3) is 11.6 Å². The number of non-ortho nitro benzene ring substituents is 1. The summed E-state index contributed by atoms with van der Waals surface area (Å²) in [4.78, 5) is 10.5. The molecule has 42 heavy (non-hydrogen) atoms. The highest BCUT2D eigenvalue weighted by molar-refractivity contribution is 6.32. The zero-order valence-electron chi connectivity index (χ0n) is 23.2. The molecule has 0 N–H and O–H groups in total. The van der Waals surface area contributed by atoms with Gasteiger partial charge >= 0.3 is 0 Å². The van der Waals surface area contributed by atoms with E-state index in [4.69, 9.17) is 30.5 Å². The summed E-state index contributed by atoms with van der Waals surface area (Å²) in [6.45, 7) is 5.22. The molecular formula is C33H29ClN2O6. The lowest BCUT2D eigenvalue weighted by molar-refractivity contribution is -0.384. The Morgan fingerprint density at radius 2 is 1.52 bits per heavy atom. The first-order valence-electron chi connectivity index (χ1n) is 13.3. The van der Waals surface area contributed by atoms with Crippen LogP contribution in [0.2, 0.25) is 5.02 Å². The van der Waals surface area contributed by atoms with E-state index in [1.54, 1.807) is 18.2 Å². The van der Waals surface area contributed by atoms with Gasteiger partial charge in [0.05, 0.1) is 34.8 Å². The molecule has 214 valence electrons. The summed E-state index contributed by atoms with van der Waals surface area (Å²) in [5.74, 6) is 2.04. The van der Waals surface area contributed by atoms with Crippen LogP contribution in [0.5, 0.6) is 23.0 Å². The smallest absolute Gasteiger partial charge is 0.269 e. The number of rotatable bonds is 13. The molecular weight excluding hydrogens is 556 g/mol. The Balaban J connectivity index is 1.53. The van der Waals surface area contributed by atoms with Gasteiger partial charge in [0.1, 0.15) is 13.2 Å². The van der Waals surface area contributed by atoms with Crippen LogP contribution in [-0.4, -0.2) is 18.1 Å². The van der Waals surface area contributed by atoms with Gasteiger partial charge in [0.15, 0.2) is 23.0 Å². The number of nitro groups is 1. The van der Waals surface area contributed by atoms with Gasteiger partial charge in [0, 0.05) is 12.1 Å². The minimum absolute atomic E-state index is 0.0538. The van der Waals surface area contributed by atoms with E-state index in [1.165, 1.54) is 24.3 Å². The summed E-state index contributed by atoms with van der Waals surface area (Å²) < 4.78 is 23.8. The molecule has 0 spiro atoms. The van der Waals surface area contributed by atoms with Gasteiger partial charge in [-0.25, -0.2) is 0 Å². The van der Waals surface area contributed by atoms with Gasteiger partial charge in [-0.05, 0) is 78.6 Å². The van der Waals surface area contributed by atoms with Gasteiger partial charge in [0.2, 0.25) is 0 Å². The molecule has 0 radical (unpaired) electrons. The molecule has 0 atom stereocenters. The van der Waals surface area contributed by atoms with Crippen molar-refractivity contribution in [2.45, 2.75) is 27.1 Å². The number of allylic oxidation sites excluding steroid dienone is 1. The predicted octanol–water partition coefficient (Wildman–Crippen LogP) is 8.27. The molecule has 0 saturated heterocycles. The number of ether oxygens (including phenoxy) is 4. The zero-order chi connectivity index (χ0) is 29.9. The van der Waals surface area contributed by atoms with Gasteiger partial charge in [-0.2, -0.15) is 5.26 Å². The normalized spacial score (nSPS) is 11.0. The fraction of sp³-hybridized carbons (Fsp3) is 0.182. The zero-order valence-corrected chi connectivity index (χ0v) is 24.0. The largest absolute Gasteiger partial charge is 0.490 e. The summed E-state index contributed by atoms with van der Waals surface area (Å²) in [6, 6.07) is 26.9. The minimum atomic E-state index is -0.488. The Hall–Kier alpha value is -5.00. The van der Waals surface area contributed by atoms with Gasteiger partial charge < -0.3 is 18.9 Å². The molecule has 0 bridgehead atoms. The number of halogens is 1. The monoisotopic (exact) mass is 584 g/mol. The Bertz CT molecular complexity index is 1600. The number of hydrogen-bond donors (Lipinski definition) is 0. The molecule has 0 aliphatic heterocycles. The van der Waals surface area contributed by atoms with E-state index >= 15 is 0 Å². The molecule has 0 aromatic heterocycles. The van der Waals surface area contributed by atoms with Crippen molar-refractivity contribution < 1.29 is 23.9 Å². The van der Waals surface area contributed by atoms with Crippen LogP contribution < -0.4 is 18.9 Å². The van der Waals surface area contributed by atoms with Crippen LogP contribution in [0.4, 0.5) is 5.69 Å². The second-order valence-electron chi connectivity index (χ2n) is 9.01. The third-order valence-corrected chi connectivity index (χ3v) is 6.36. The summed E-state index contributed by atoms with van der Waals surface area (Å²) in [6.07, 6.45) is 1.64. The van der Waals surface area contributed by atoms with E-state index in [-0.39, 0.29) is 12.3 Å². The first-order chi connectivity index (χ1) is 20.4. The first-order valence-corrected chi connectivity index (χ1v) is 13.7. The van der Waals surface area contributed by atoms with Gasteiger partial charge in [-0.3, -0.25) is 10.1 Å². The third-order valence-electron chi connectivity index (χ3n) is 6.08. The molecule has 0 aliphatic carbocycles. The lowest BCUT2D eigenvalue weighted by Crippen LogP contribution is -2.03. The maximum atomic E-state index is 11.0. The van der Waals surface area contributed by atoms with Crippen molar-refractivity contribution in [1.29, 1.82) is 5.26 Å². The molecule has 4 aromatic carbocycles. The standard InChI is InChI=1S/C33H29ClN2O6/c1-3-39-31-18-24(10-15-30(31)41-21-23-8-6-5-7-9-23)22-42-33-29(34)17-25(19-32(33)40-4-2)16-27(20-35)26-11-13-28(14-12-26)36(37)38/h5-19H,3-4,21-22H2,1-2H3/b27-16+. The fourth-order valence-corrected chi connectivity index (χ4v) is 4.38. The molecule has 0 amide bonds. The lowest BCUT2D eigenvalue weighted by atomic mass is 10.0. The average molecular weight is 585 g/mol. The molecule has 8 nitrogen and oxygen atoms in total. The van der Waals surface area contributed by atoms with Crippen LogP contribution in [0, 0.1) is 21.4 Å². The molecule has 0 fully saturated rings. The molecule has 0 aliphatic rings. The maximum Gasteiger partial charge on any atom is 0.269 e. The highest BCUT2D eigenvalue weighted by Gasteiger charge is 2.15. The van der Waals surface area contributed by atoms with Crippen molar-refractivity contribution in [2.75, 3.05) is 13.2 Å². The summed E-state index contributed by atoms with van der Waals surface area (Å²) >= 11 is 6.63. The van der Waals surface area contributed by atoms with Gasteiger partial charge in [-0.1, -0.05) is 48.0 Å². The van der Waals surface area contributed by atoms with Crippen LogP contribution >= 0.6 is 11.6 Å². The maximum absolute atomic E-state index is 11.0. The number of benzene rings is 4. The van der Waals surface area contributed by atoms with Crippen LogP contribution in [0.15, 0.2) is 84.9 Å². The summed E-state index contributed by atoms with van der Waals surface area (Å²) in [5.41, 5.74) is 3.32. The molecule has 0 saturated carbocycles. The van der Waals surface area contributed by atoms with E-state index in [9.17, 15) is 15.4 Å². The first kappa shape index (κ1) is 30.0. The Labute approximate surface area is 249 Å². The number of nitriles is 1. The summed E-state index contributed by atoms with van der Waals surface area (Å²) in [5, 5.41) is 21.0. The molecule has 0 unspecified atom stereocenters. The fourth-order valence-electron chi connectivity index (χ4n) is 4.10.